The molecule has 1 aromatic rings. The van der Waals surface area contributed by atoms with Crippen LogP contribution in [0.3, 0.4) is 0 Å². The molecule has 5 heteroatoms. The highest BCUT2D eigenvalue weighted by atomic mass is 16.7. The maximum Gasteiger partial charge on any atom is 0.244 e. The van der Waals surface area contributed by atoms with Crippen molar-refractivity contribution in [2.45, 2.75) is 25.7 Å². The van der Waals surface area contributed by atoms with Crippen LogP contribution in [0.2, 0.25) is 0 Å². The third-order valence-corrected chi connectivity index (χ3v) is 3.74. The lowest BCUT2D eigenvalue weighted by atomic mass is 9.87. The van der Waals surface area contributed by atoms with Crippen molar-refractivity contribution in [1.29, 1.82) is 5.26 Å². The smallest absolute Gasteiger partial charge is 0.244 e. The zero-order valence-corrected chi connectivity index (χ0v) is 10.4. The number of hydrogen-bond acceptors (Lipinski definition) is 4. The van der Waals surface area contributed by atoms with Crippen LogP contribution in [0.1, 0.15) is 25.7 Å². The molecule has 1 aliphatic heterocycles. The van der Waals surface area contributed by atoms with Crippen LogP contribution in [0.5, 0.6) is 11.5 Å². The minimum absolute atomic E-state index is 0.203. The molecule has 1 amide bonds. The SMILES string of the molecule is N#CC1(C(=O)Nc2ccc3c(c2)OCO3)CCCC1. The van der Waals surface area contributed by atoms with E-state index in [0.29, 0.717) is 30.0 Å². The Morgan fingerprint density at radius 1 is 1.26 bits per heavy atom. The van der Waals surface area contributed by atoms with Gasteiger partial charge in [0.15, 0.2) is 11.5 Å². The molecule has 1 heterocycles. The number of nitriles is 1. The summed E-state index contributed by atoms with van der Waals surface area (Å²) in [5.74, 6) is 1.08. The molecule has 5 nitrogen and oxygen atoms in total. The van der Waals surface area contributed by atoms with Gasteiger partial charge in [-0.3, -0.25) is 4.79 Å². The van der Waals surface area contributed by atoms with Crippen molar-refractivity contribution in [2.24, 2.45) is 5.41 Å². The zero-order valence-electron chi connectivity index (χ0n) is 10.4. The van der Waals surface area contributed by atoms with Crippen LogP contribution in [-0.2, 0) is 4.79 Å². The molecule has 0 aromatic heterocycles. The molecule has 1 saturated carbocycles. The lowest BCUT2D eigenvalue weighted by Gasteiger charge is -2.19. The number of ether oxygens (including phenoxy) is 2. The van der Waals surface area contributed by atoms with Crippen LogP contribution in [0.4, 0.5) is 5.69 Å². The average Bonchev–Trinajstić information content (AvgIpc) is 3.07. The van der Waals surface area contributed by atoms with Gasteiger partial charge in [-0.2, -0.15) is 5.26 Å². The predicted molar refractivity (Wildman–Crippen MR) is 67.7 cm³/mol. The fourth-order valence-electron chi connectivity index (χ4n) is 2.59. The average molecular weight is 258 g/mol. The van der Waals surface area contributed by atoms with E-state index in [0.717, 1.165) is 12.8 Å². The monoisotopic (exact) mass is 258 g/mol. The summed E-state index contributed by atoms with van der Waals surface area (Å²) in [5.41, 5.74) is -0.230. The number of benzene rings is 1. The number of carbonyl (C=O) groups excluding carboxylic acids is 1. The van der Waals surface area contributed by atoms with Crippen molar-refractivity contribution in [3.63, 3.8) is 0 Å². The second kappa shape index (κ2) is 4.47. The fourth-order valence-corrected chi connectivity index (χ4v) is 2.59. The van der Waals surface area contributed by atoms with Gasteiger partial charge in [0.25, 0.3) is 0 Å². The Morgan fingerprint density at radius 3 is 2.74 bits per heavy atom. The van der Waals surface area contributed by atoms with E-state index >= 15 is 0 Å². The van der Waals surface area contributed by atoms with Gasteiger partial charge in [0.2, 0.25) is 12.7 Å². The molecule has 0 saturated heterocycles. The molecule has 1 aliphatic carbocycles. The van der Waals surface area contributed by atoms with Crippen LogP contribution in [-0.4, -0.2) is 12.7 Å². The lowest BCUT2D eigenvalue weighted by molar-refractivity contribution is -0.122. The molecule has 0 radical (unpaired) electrons. The van der Waals surface area contributed by atoms with Gasteiger partial charge in [-0.15, -0.1) is 0 Å². The van der Waals surface area contributed by atoms with Gasteiger partial charge in [0.1, 0.15) is 5.41 Å². The Morgan fingerprint density at radius 2 is 2.00 bits per heavy atom. The molecule has 0 atom stereocenters. The summed E-state index contributed by atoms with van der Waals surface area (Å²) in [5, 5.41) is 12.1. The van der Waals surface area contributed by atoms with E-state index in [4.69, 9.17) is 9.47 Å². The van der Waals surface area contributed by atoms with E-state index in [-0.39, 0.29) is 12.7 Å². The number of nitrogens with one attached hydrogen (secondary N) is 1. The molecular formula is C14H14N2O3. The summed E-state index contributed by atoms with van der Waals surface area (Å²) in [7, 11) is 0. The normalized spacial score (nSPS) is 18.9. The fraction of sp³-hybridized carbons (Fsp3) is 0.429. The molecule has 1 fully saturated rings. The summed E-state index contributed by atoms with van der Waals surface area (Å²) in [6, 6.07) is 7.42. The van der Waals surface area contributed by atoms with Gasteiger partial charge in [0.05, 0.1) is 6.07 Å². The zero-order chi connectivity index (χ0) is 13.3. The van der Waals surface area contributed by atoms with Crippen LogP contribution in [0.15, 0.2) is 18.2 Å². The maximum atomic E-state index is 12.3. The molecule has 1 N–H and O–H groups in total. The summed E-state index contributed by atoms with van der Waals surface area (Å²) < 4.78 is 10.5. The van der Waals surface area contributed by atoms with E-state index in [2.05, 4.69) is 11.4 Å². The van der Waals surface area contributed by atoms with E-state index < -0.39 is 5.41 Å². The van der Waals surface area contributed by atoms with E-state index in [1.54, 1.807) is 18.2 Å². The van der Waals surface area contributed by atoms with Crippen LogP contribution < -0.4 is 14.8 Å². The standard InChI is InChI=1S/C14H14N2O3/c15-8-14(5-1-2-6-14)13(17)16-10-3-4-11-12(7-10)19-9-18-11/h3-4,7H,1-2,5-6,9H2,(H,16,17). The van der Waals surface area contributed by atoms with Crippen molar-refractivity contribution in [3.05, 3.63) is 18.2 Å². The highest BCUT2D eigenvalue weighted by Crippen LogP contribution is 2.39. The van der Waals surface area contributed by atoms with Crippen molar-refractivity contribution < 1.29 is 14.3 Å². The van der Waals surface area contributed by atoms with Gasteiger partial charge in [0, 0.05) is 11.8 Å². The van der Waals surface area contributed by atoms with Crippen molar-refractivity contribution >= 4 is 11.6 Å². The van der Waals surface area contributed by atoms with E-state index in [1.807, 2.05) is 0 Å². The number of rotatable bonds is 2. The number of nitrogens with zero attached hydrogens (tertiary/aromatic N) is 1. The van der Waals surface area contributed by atoms with Gasteiger partial charge in [-0.25, -0.2) is 0 Å². The first-order valence-corrected chi connectivity index (χ1v) is 6.36. The van der Waals surface area contributed by atoms with Gasteiger partial charge in [-0.05, 0) is 25.0 Å². The Kier molecular flexibility index (Phi) is 2.79. The molecule has 3 rings (SSSR count). The maximum absolute atomic E-state index is 12.3. The first-order valence-electron chi connectivity index (χ1n) is 6.36. The molecule has 0 bridgehead atoms. The molecular weight excluding hydrogens is 244 g/mol. The first-order chi connectivity index (χ1) is 9.23. The number of carbonyl (C=O) groups is 1. The molecule has 0 unspecified atom stereocenters. The minimum Gasteiger partial charge on any atom is -0.454 e. The Hall–Kier alpha value is -2.22. The highest BCUT2D eigenvalue weighted by Gasteiger charge is 2.41. The topological polar surface area (TPSA) is 71.4 Å². The molecule has 2 aliphatic rings. The summed E-state index contributed by atoms with van der Waals surface area (Å²) in [4.78, 5) is 12.3. The predicted octanol–water partition coefficient (Wildman–Crippen LogP) is 2.44. The molecule has 0 spiro atoms. The number of hydrogen-bond donors (Lipinski definition) is 1. The first kappa shape index (κ1) is 11.8. The second-order valence-electron chi connectivity index (χ2n) is 4.92. The van der Waals surface area contributed by atoms with E-state index in [1.165, 1.54) is 0 Å². The highest BCUT2D eigenvalue weighted by molar-refractivity contribution is 5.97. The van der Waals surface area contributed by atoms with Gasteiger partial charge in [-0.1, -0.05) is 12.8 Å². The molecule has 1 aromatic carbocycles. The summed E-state index contributed by atoms with van der Waals surface area (Å²) in [6.07, 6.45) is 3.14. The molecule has 98 valence electrons. The Bertz CT molecular complexity index is 556. The summed E-state index contributed by atoms with van der Waals surface area (Å²) in [6.45, 7) is 0.203. The largest absolute Gasteiger partial charge is 0.454 e. The van der Waals surface area contributed by atoms with Crippen molar-refractivity contribution in [1.82, 2.24) is 0 Å². The van der Waals surface area contributed by atoms with E-state index in [9.17, 15) is 10.1 Å². The van der Waals surface area contributed by atoms with Gasteiger partial charge >= 0.3 is 0 Å². The van der Waals surface area contributed by atoms with Crippen molar-refractivity contribution in [3.8, 4) is 17.6 Å². The number of fused-ring (bicyclic) bond motifs is 1. The minimum atomic E-state index is -0.865. The Labute approximate surface area is 111 Å². The Balaban J connectivity index is 1.78. The third kappa shape index (κ3) is 1.99. The second-order valence-corrected chi connectivity index (χ2v) is 4.92. The van der Waals surface area contributed by atoms with Crippen LogP contribution in [0, 0.1) is 16.7 Å². The summed E-state index contributed by atoms with van der Waals surface area (Å²) >= 11 is 0. The van der Waals surface area contributed by atoms with Crippen molar-refractivity contribution in [2.75, 3.05) is 12.1 Å². The number of amides is 1. The van der Waals surface area contributed by atoms with Crippen LogP contribution in [0.25, 0.3) is 0 Å². The number of anilines is 1. The molecule has 19 heavy (non-hydrogen) atoms. The van der Waals surface area contributed by atoms with Crippen LogP contribution >= 0.6 is 0 Å². The quantitative estimate of drug-likeness (QED) is 0.884. The van der Waals surface area contributed by atoms with Gasteiger partial charge < -0.3 is 14.8 Å². The third-order valence-electron chi connectivity index (χ3n) is 3.74. The lowest BCUT2D eigenvalue weighted by Crippen LogP contribution is -2.32.